The third-order valence-electron chi connectivity index (χ3n) is 5.67. The minimum Gasteiger partial charge on any atom is -0.242 e. The van der Waals surface area contributed by atoms with Gasteiger partial charge in [0.15, 0.2) is 0 Å². The molecule has 0 aromatic rings. The Hall–Kier alpha value is 0.520. The zero-order chi connectivity index (χ0) is 16.8. The molecule has 0 aromatic carbocycles. The molecule has 0 bridgehead atoms. The van der Waals surface area contributed by atoms with Crippen molar-refractivity contribution >= 4 is 16.0 Å². The summed E-state index contributed by atoms with van der Waals surface area (Å²) in [7, 11) is 2.93. The lowest BCUT2D eigenvalue weighted by Gasteiger charge is -2.52. The summed E-state index contributed by atoms with van der Waals surface area (Å²) >= 11 is 0. The van der Waals surface area contributed by atoms with Crippen LogP contribution in [-0.2, 0) is 0 Å². The van der Waals surface area contributed by atoms with Gasteiger partial charge in [-0.05, 0) is 93.9 Å². The van der Waals surface area contributed by atoms with Crippen LogP contribution in [0.3, 0.4) is 0 Å². The molecule has 2 aliphatic heterocycles. The first kappa shape index (κ1) is 18.9. The number of hydrogen-bond donors (Lipinski definition) is 0. The molecule has 2 saturated heterocycles. The van der Waals surface area contributed by atoms with Gasteiger partial charge in [-0.1, -0.05) is 0 Å². The van der Waals surface area contributed by atoms with Crippen LogP contribution in [0.25, 0.3) is 0 Å². The monoisotopic (exact) mass is 342 g/mol. The molecule has 0 unspecified atom stereocenters. The van der Waals surface area contributed by atoms with Gasteiger partial charge in [0.2, 0.25) is 0 Å². The standard InChI is InChI=1S/C18H36N2P2/c1-15(2)11-9-12-16(3,4)19(15)21-22-20-17(5,6)13-10-14-18(20,7)8/h9-14H2,1-8H3. The van der Waals surface area contributed by atoms with Crippen molar-refractivity contribution in [1.29, 1.82) is 0 Å². The highest BCUT2D eigenvalue weighted by molar-refractivity contribution is 7.81. The van der Waals surface area contributed by atoms with Gasteiger partial charge < -0.3 is 0 Å². The van der Waals surface area contributed by atoms with E-state index in [1.54, 1.807) is 0 Å². The molecule has 0 amide bonds. The summed E-state index contributed by atoms with van der Waals surface area (Å²) in [5.41, 5.74) is 1.28. The molecule has 128 valence electrons. The SMILES string of the molecule is CC1(C)CCCC(C)(C)N1P=PN1C(C)(C)CCCC1(C)C. The highest BCUT2D eigenvalue weighted by atomic mass is 31.7. The molecule has 0 N–H and O–H groups in total. The molecule has 0 saturated carbocycles. The van der Waals surface area contributed by atoms with E-state index in [1.165, 1.54) is 54.6 Å². The lowest BCUT2D eigenvalue weighted by molar-refractivity contribution is 0.0612. The molecule has 2 heterocycles. The maximum absolute atomic E-state index is 2.76. The van der Waals surface area contributed by atoms with Crippen LogP contribution >= 0.6 is 16.0 Å². The fourth-order valence-corrected chi connectivity index (χ4v) is 9.45. The van der Waals surface area contributed by atoms with Gasteiger partial charge >= 0.3 is 0 Å². The van der Waals surface area contributed by atoms with Crippen LogP contribution in [0.5, 0.6) is 0 Å². The largest absolute Gasteiger partial charge is 0.242 e. The first-order chi connectivity index (χ1) is 9.89. The fourth-order valence-electron chi connectivity index (χ4n) is 4.53. The second-order valence-electron chi connectivity index (χ2n) is 9.76. The maximum atomic E-state index is 2.76. The average molecular weight is 342 g/mol. The Bertz CT molecular complexity index is 366. The zero-order valence-corrected chi connectivity index (χ0v) is 17.8. The molecule has 4 heteroatoms. The van der Waals surface area contributed by atoms with Gasteiger partial charge in [0, 0.05) is 38.2 Å². The summed E-state index contributed by atoms with van der Waals surface area (Å²) in [5, 5.41) is 0. The fraction of sp³-hybridized carbons (Fsp3) is 1.00. The maximum Gasteiger partial charge on any atom is 0.0293 e. The summed E-state index contributed by atoms with van der Waals surface area (Å²) in [6.07, 6.45) is 8.03. The molecular formula is C18H36N2P2. The van der Waals surface area contributed by atoms with E-state index in [9.17, 15) is 0 Å². The van der Waals surface area contributed by atoms with E-state index in [1.807, 2.05) is 0 Å². The van der Waals surface area contributed by atoms with Gasteiger partial charge in [-0.3, -0.25) is 0 Å². The van der Waals surface area contributed by atoms with Crippen LogP contribution in [0.2, 0.25) is 0 Å². The van der Waals surface area contributed by atoms with E-state index in [2.05, 4.69) is 64.7 Å². The molecule has 2 fully saturated rings. The Morgan fingerprint density at radius 3 is 0.955 bits per heavy atom. The molecule has 2 aliphatic rings. The highest BCUT2D eigenvalue weighted by Gasteiger charge is 2.43. The average Bonchev–Trinajstić information content (AvgIpc) is 2.29. The molecule has 0 radical (unpaired) electrons. The number of piperidine rings is 2. The van der Waals surface area contributed by atoms with Crippen molar-refractivity contribution in [3.63, 3.8) is 0 Å². The minimum absolute atomic E-state index is 0.320. The first-order valence-electron chi connectivity index (χ1n) is 8.91. The van der Waals surface area contributed by atoms with Crippen molar-refractivity contribution in [1.82, 2.24) is 9.34 Å². The van der Waals surface area contributed by atoms with Crippen molar-refractivity contribution in [3.05, 3.63) is 0 Å². The van der Waals surface area contributed by atoms with Crippen LogP contribution in [0.15, 0.2) is 0 Å². The Kier molecular flexibility index (Phi) is 5.23. The van der Waals surface area contributed by atoms with Gasteiger partial charge in [0.25, 0.3) is 0 Å². The van der Waals surface area contributed by atoms with Gasteiger partial charge in [-0.15, -0.1) is 0 Å². The summed E-state index contributed by atoms with van der Waals surface area (Å²) in [5.74, 6) is 0. The molecule has 22 heavy (non-hydrogen) atoms. The Labute approximate surface area is 141 Å². The van der Waals surface area contributed by atoms with Gasteiger partial charge in [0.1, 0.15) is 0 Å². The quantitative estimate of drug-likeness (QED) is 0.515. The Balaban J connectivity index is 2.28. The van der Waals surface area contributed by atoms with Crippen molar-refractivity contribution in [3.8, 4) is 0 Å². The lowest BCUT2D eigenvalue weighted by atomic mass is 9.83. The van der Waals surface area contributed by atoms with Crippen LogP contribution < -0.4 is 0 Å². The van der Waals surface area contributed by atoms with E-state index >= 15 is 0 Å². The molecule has 0 aliphatic carbocycles. The predicted molar refractivity (Wildman–Crippen MR) is 102 cm³/mol. The Morgan fingerprint density at radius 1 is 0.500 bits per heavy atom. The summed E-state index contributed by atoms with van der Waals surface area (Å²) in [6.45, 7) is 19.5. The van der Waals surface area contributed by atoms with E-state index in [0.717, 1.165) is 0 Å². The van der Waals surface area contributed by atoms with E-state index in [0.29, 0.717) is 22.2 Å². The van der Waals surface area contributed by atoms with Crippen LogP contribution in [0, 0.1) is 0 Å². The van der Waals surface area contributed by atoms with E-state index < -0.39 is 0 Å². The van der Waals surface area contributed by atoms with Crippen molar-refractivity contribution in [2.75, 3.05) is 0 Å². The molecule has 0 spiro atoms. The molecule has 2 nitrogen and oxygen atoms in total. The van der Waals surface area contributed by atoms with Crippen molar-refractivity contribution in [2.24, 2.45) is 0 Å². The number of rotatable bonds is 2. The van der Waals surface area contributed by atoms with Crippen molar-refractivity contribution in [2.45, 2.75) is 116 Å². The Morgan fingerprint density at radius 2 is 0.727 bits per heavy atom. The zero-order valence-electron chi connectivity index (χ0n) is 16.0. The van der Waals surface area contributed by atoms with Crippen LogP contribution in [0.1, 0.15) is 93.9 Å². The van der Waals surface area contributed by atoms with Crippen molar-refractivity contribution < 1.29 is 0 Å². The van der Waals surface area contributed by atoms with E-state index in [-0.39, 0.29) is 0 Å². The van der Waals surface area contributed by atoms with Gasteiger partial charge in [-0.25, -0.2) is 9.34 Å². The molecular weight excluding hydrogens is 306 g/mol. The second kappa shape index (κ2) is 6.11. The summed E-state index contributed by atoms with van der Waals surface area (Å²) < 4.78 is 5.51. The second-order valence-corrected chi connectivity index (χ2v) is 12.0. The minimum atomic E-state index is 0.320. The van der Waals surface area contributed by atoms with Crippen LogP contribution in [-0.4, -0.2) is 31.5 Å². The third-order valence-corrected chi connectivity index (χ3v) is 9.58. The normalized spacial score (nSPS) is 31.5. The lowest BCUT2D eigenvalue weighted by Crippen LogP contribution is -2.54. The number of hydrogen-bond acceptors (Lipinski definition) is 0. The highest BCUT2D eigenvalue weighted by Crippen LogP contribution is 2.50. The molecule has 2 rings (SSSR count). The smallest absolute Gasteiger partial charge is 0.0293 e. The first-order valence-corrected chi connectivity index (χ1v) is 11.3. The molecule has 0 atom stereocenters. The summed E-state index contributed by atoms with van der Waals surface area (Å²) in [6, 6.07) is 0. The summed E-state index contributed by atoms with van der Waals surface area (Å²) in [4.78, 5) is 0. The third kappa shape index (κ3) is 3.77. The topological polar surface area (TPSA) is 6.48 Å². The number of nitrogens with zero attached hydrogens (tertiary/aromatic N) is 2. The molecule has 0 aromatic heterocycles. The van der Waals surface area contributed by atoms with Crippen LogP contribution in [0.4, 0.5) is 0 Å². The van der Waals surface area contributed by atoms with Gasteiger partial charge in [0.05, 0.1) is 0 Å². The predicted octanol–water partition coefficient (Wildman–Crippen LogP) is 6.71. The van der Waals surface area contributed by atoms with E-state index in [4.69, 9.17) is 0 Å². The van der Waals surface area contributed by atoms with Gasteiger partial charge in [-0.2, -0.15) is 0 Å².